The number of benzene rings is 1. The van der Waals surface area contributed by atoms with Crippen molar-refractivity contribution in [3.63, 3.8) is 0 Å². The molecular formula is C23H27N7O3S. The standard InChI is InChI=1S/C23H27N7O3S/c24-21(31)19-14-34-22(15-4-5-25-27-15)30(19)18-13-20-16(12-17(18)28-6-2-1-3-7-28)26-23(33-20)29-8-10-32-11-9-29/h4-5,12-14,22H,1-3,6-11H2,(H2,24,31)(H,25,27). The summed E-state index contributed by atoms with van der Waals surface area (Å²) in [6.45, 7) is 4.72. The highest BCUT2D eigenvalue weighted by Crippen LogP contribution is 2.49. The van der Waals surface area contributed by atoms with Gasteiger partial charge in [0.2, 0.25) is 0 Å². The number of nitrogens with zero attached hydrogens (tertiary/aromatic N) is 5. The van der Waals surface area contributed by atoms with E-state index >= 15 is 0 Å². The Kier molecular flexibility index (Phi) is 5.58. The minimum atomic E-state index is -0.471. The molecule has 0 aliphatic carbocycles. The third-order valence-electron chi connectivity index (χ3n) is 6.54. The first-order valence-corrected chi connectivity index (χ1v) is 12.6. The summed E-state index contributed by atoms with van der Waals surface area (Å²) in [7, 11) is 0. The normalized spacial score (nSPS) is 21.4. The van der Waals surface area contributed by atoms with E-state index in [0.717, 1.165) is 61.6 Å². The minimum absolute atomic E-state index is 0.212. The Morgan fingerprint density at radius 3 is 2.65 bits per heavy atom. The van der Waals surface area contributed by atoms with Gasteiger partial charge in [0, 0.05) is 43.9 Å². The van der Waals surface area contributed by atoms with E-state index in [1.165, 1.54) is 18.2 Å². The van der Waals surface area contributed by atoms with E-state index in [9.17, 15) is 4.79 Å². The number of carbonyl (C=O) groups excluding carboxylic acids is 1. The largest absolute Gasteiger partial charge is 0.423 e. The smallest absolute Gasteiger partial charge is 0.298 e. The van der Waals surface area contributed by atoms with Crippen LogP contribution in [-0.4, -0.2) is 60.5 Å². The minimum Gasteiger partial charge on any atom is -0.423 e. The Balaban J connectivity index is 1.49. The fraction of sp³-hybridized carbons (Fsp3) is 0.435. The van der Waals surface area contributed by atoms with Crippen molar-refractivity contribution in [3.05, 3.63) is 41.2 Å². The predicted molar refractivity (Wildman–Crippen MR) is 132 cm³/mol. The number of aromatic nitrogens is 3. The first-order chi connectivity index (χ1) is 16.7. The molecule has 3 aromatic rings. The van der Waals surface area contributed by atoms with Crippen molar-refractivity contribution < 1.29 is 13.9 Å². The Labute approximate surface area is 201 Å². The van der Waals surface area contributed by atoms with Crippen LogP contribution in [0.1, 0.15) is 30.3 Å². The first kappa shape index (κ1) is 21.4. The van der Waals surface area contributed by atoms with E-state index in [-0.39, 0.29) is 5.37 Å². The topological polar surface area (TPSA) is 117 Å². The molecule has 2 aromatic heterocycles. The average molecular weight is 482 g/mol. The summed E-state index contributed by atoms with van der Waals surface area (Å²) >= 11 is 1.52. The Morgan fingerprint density at radius 1 is 1.09 bits per heavy atom. The summed E-state index contributed by atoms with van der Waals surface area (Å²) in [5, 5.41) is 8.90. The molecule has 2 fully saturated rings. The number of nitrogens with two attached hydrogens (primary N) is 1. The lowest BCUT2D eigenvalue weighted by Crippen LogP contribution is -2.36. The quantitative estimate of drug-likeness (QED) is 0.567. The fourth-order valence-electron chi connectivity index (χ4n) is 4.83. The number of piperidine rings is 1. The van der Waals surface area contributed by atoms with Gasteiger partial charge in [-0.05, 0) is 31.4 Å². The highest BCUT2D eigenvalue weighted by molar-refractivity contribution is 8.02. The molecule has 0 spiro atoms. The Bertz CT molecular complexity index is 1210. The third-order valence-corrected chi connectivity index (χ3v) is 7.61. The van der Waals surface area contributed by atoms with Crippen molar-refractivity contribution in [2.24, 2.45) is 5.73 Å². The van der Waals surface area contributed by atoms with Crippen LogP contribution in [0.2, 0.25) is 0 Å². The molecule has 1 unspecified atom stereocenters. The van der Waals surface area contributed by atoms with Gasteiger partial charge in [-0.1, -0.05) is 11.8 Å². The number of rotatable bonds is 5. The fourth-order valence-corrected chi connectivity index (χ4v) is 5.93. The number of primary amides is 1. The number of thioether (sulfide) groups is 1. The Hall–Kier alpha value is -3.18. The number of anilines is 3. The number of amides is 1. The number of fused-ring (bicyclic) bond motifs is 1. The van der Waals surface area contributed by atoms with E-state index in [2.05, 4.69) is 26.1 Å². The van der Waals surface area contributed by atoms with Gasteiger partial charge in [0.25, 0.3) is 11.9 Å². The molecule has 3 aliphatic rings. The zero-order valence-electron chi connectivity index (χ0n) is 18.8. The van der Waals surface area contributed by atoms with Crippen LogP contribution in [0, 0.1) is 0 Å². The number of ether oxygens (including phenoxy) is 1. The van der Waals surface area contributed by atoms with Gasteiger partial charge < -0.3 is 29.6 Å². The molecule has 178 valence electrons. The van der Waals surface area contributed by atoms with Gasteiger partial charge in [-0.15, -0.1) is 0 Å². The van der Waals surface area contributed by atoms with Gasteiger partial charge in [0.1, 0.15) is 16.6 Å². The second kappa shape index (κ2) is 8.88. The van der Waals surface area contributed by atoms with E-state index in [4.69, 9.17) is 19.9 Å². The van der Waals surface area contributed by atoms with Crippen LogP contribution in [0.4, 0.5) is 17.4 Å². The van der Waals surface area contributed by atoms with E-state index in [0.29, 0.717) is 30.5 Å². The molecule has 3 N–H and O–H groups in total. The van der Waals surface area contributed by atoms with Crippen LogP contribution in [0.5, 0.6) is 0 Å². The summed E-state index contributed by atoms with van der Waals surface area (Å²) in [4.78, 5) is 23.8. The summed E-state index contributed by atoms with van der Waals surface area (Å²) in [5.41, 5.74) is 10.5. The molecule has 0 bridgehead atoms. The van der Waals surface area contributed by atoms with Crippen LogP contribution >= 0.6 is 11.8 Å². The SMILES string of the molecule is NC(=O)C1=CSC(c2cc[nH]n2)N1c1cc2oc(N3CCOCC3)nc2cc1N1CCCCC1. The maximum absolute atomic E-state index is 12.5. The molecule has 2 saturated heterocycles. The number of carbonyl (C=O) groups is 1. The van der Waals surface area contributed by atoms with Crippen LogP contribution in [0.15, 0.2) is 39.9 Å². The zero-order chi connectivity index (χ0) is 23.1. The molecule has 1 amide bonds. The molecule has 0 saturated carbocycles. The second-order valence-corrected chi connectivity index (χ2v) is 9.63. The molecule has 10 nitrogen and oxygen atoms in total. The number of hydrogen-bond acceptors (Lipinski definition) is 9. The molecule has 0 radical (unpaired) electrons. The zero-order valence-corrected chi connectivity index (χ0v) is 19.6. The highest BCUT2D eigenvalue weighted by Gasteiger charge is 2.36. The third kappa shape index (κ3) is 3.78. The summed E-state index contributed by atoms with van der Waals surface area (Å²) in [5.74, 6) is -0.471. The predicted octanol–water partition coefficient (Wildman–Crippen LogP) is 2.96. The molecular weight excluding hydrogens is 454 g/mol. The molecule has 1 aromatic carbocycles. The van der Waals surface area contributed by atoms with Crippen molar-refractivity contribution in [1.82, 2.24) is 15.2 Å². The molecule has 34 heavy (non-hydrogen) atoms. The molecule has 11 heteroatoms. The van der Waals surface area contributed by atoms with E-state index < -0.39 is 5.91 Å². The number of H-pyrrole nitrogens is 1. The van der Waals surface area contributed by atoms with Crippen molar-refractivity contribution in [2.75, 3.05) is 54.1 Å². The van der Waals surface area contributed by atoms with Crippen LogP contribution in [-0.2, 0) is 9.53 Å². The monoisotopic (exact) mass is 481 g/mol. The number of aromatic amines is 1. The van der Waals surface area contributed by atoms with Crippen LogP contribution < -0.4 is 20.4 Å². The molecule has 6 rings (SSSR count). The van der Waals surface area contributed by atoms with Gasteiger partial charge in [-0.2, -0.15) is 10.1 Å². The van der Waals surface area contributed by atoms with Gasteiger partial charge in [0.15, 0.2) is 5.58 Å². The molecule has 1 atom stereocenters. The number of nitrogens with one attached hydrogen (secondary N) is 1. The lowest BCUT2D eigenvalue weighted by Gasteiger charge is -2.35. The summed E-state index contributed by atoms with van der Waals surface area (Å²) < 4.78 is 11.7. The van der Waals surface area contributed by atoms with Crippen molar-refractivity contribution in [1.29, 1.82) is 0 Å². The average Bonchev–Trinajstić information content (AvgIpc) is 3.63. The van der Waals surface area contributed by atoms with Gasteiger partial charge in [-0.3, -0.25) is 9.89 Å². The van der Waals surface area contributed by atoms with Crippen LogP contribution in [0.3, 0.4) is 0 Å². The summed E-state index contributed by atoms with van der Waals surface area (Å²) in [6, 6.07) is 6.61. The second-order valence-electron chi connectivity index (χ2n) is 8.68. The van der Waals surface area contributed by atoms with Crippen molar-refractivity contribution in [3.8, 4) is 0 Å². The molecule has 5 heterocycles. The van der Waals surface area contributed by atoms with Gasteiger partial charge in [0.05, 0.1) is 30.3 Å². The Morgan fingerprint density at radius 2 is 1.91 bits per heavy atom. The maximum atomic E-state index is 12.5. The van der Waals surface area contributed by atoms with Gasteiger partial charge >= 0.3 is 0 Å². The lowest BCUT2D eigenvalue weighted by atomic mass is 10.1. The highest BCUT2D eigenvalue weighted by atomic mass is 32.2. The van der Waals surface area contributed by atoms with Crippen LogP contribution in [0.25, 0.3) is 11.1 Å². The first-order valence-electron chi connectivity index (χ1n) is 11.7. The maximum Gasteiger partial charge on any atom is 0.298 e. The number of morpholine rings is 1. The van der Waals surface area contributed by atoms with Gasteiger partial charge in [-0.25, -0.2) is 0 Å². The lowest BCUT2D eigenvalue weighted by molar-refractivity contribution is -0.114. The van der Waals surface area contributed by atoms with Crippen molar-refractivity contribution in [2.45, 2.75) is 24.6 Å². The summed E-state index contributed by atoms with van der Waals surface area (Å²) in [6.07, 6.45) is 5.27. The van der Waals surface area contributed by atoms with E-state index in [1.807, 2.05) is 22.4 Å². The number of hydrogen-bond donors (Lipinski definition) is 2. The molecule has 3 aliphatic heterocycles. The number of oxazole rings is 1. The van der Waals surface area contributed by atoms with E-state index in [1.54, 1.807) is 6.20 Å². The van der Waals surface area contributed by atoms with Crippen molar-refractivity contribution >= 4 is 46.2 Å².